The average molecular weight is 550 g/mol. The fraction of sp³-hybridized carbons (Fsp3) is 0.233. The van der Waals surface area contributed by atoms with Crippen LogP contribution in [0.15, 0.2) is 63.8 Å². The van der Waals surface area contributed by atoms with Crippen LogP contribution in [0.2, 0.25) is 10.0 Å². The van der Waals surface area contributed by atoms with Gasteiger partial charge in [-0.3, -0.25) is 14.5 Å². The summed E-state index contributed by atoms with van der Waals surface area (Å²) in [7, 11) is 0. The van der Waals surface area contributed by atoms with Crippen molar-refractivity contribution < 1.29 is 18.7 Å². The van der Waals surface area contributed by atoms with E-state index in [1.807, 2.05) is 20.8 Å². The van der Waals surface area contributed by atoms with E-state index in [2.05, 4.69) is 0 Å². The molecular weight excluding hydrogens is 525 g/mol. The van der Waals surface area contributed by atoms with Crippen LogP contribution in [-0.2, 0) is 4.74 Å². The smallest absolute Gasteiger partial charge is 0.338 e. The van der Waals surface area contributed by atoms with Crippen molar-refractivity contribution in [2.75, 3.05) is 11.5 Å². The maximum Gasteiger partial charge on any atom is 0.338 e. The number of halogens is 2. The number of unbranched alkanes of at least 4 members (excludes halogenated alkanes) is 1. The predicted molar refractivity (Wildman–Crippen MR) is 149 cm³/mol. The zero-order valence-electron chi connectivity index (χ0n) is 21.1. The second kappa shape index (κ2) is 10.3. The van der Waals surface area contributed by atoms with Crippen LogP contribution in [0.3, 0.4) is 0 Å². The van der Waals surface area contributed by atoms with Crippen molar-refractivity contribution in [2.24, 2.45) is 0 Å². The number of aryl methyl sites for hydroxylation is 2. The Morgan fingerprint density at radius 2 is 1.68 bits per heavy atom. The largest absolute Gasteiger partial charge is 0.462 e. The van der Waals surface area contributed by atoms with Crippen molar-refractivity contribution in [1.82, 2.24) is 0 Å². The summed E-state index contributed by atoms with van der Waals surface area (Å²) in [6, 6.07) is 14.3. The summed E-state index contributed by atoms with van der Waals surface area (Å²) in [5, 5.41) is 1.05. The van der Waals surface area contributed by atoms with Gasteiger partial charge in [0.1, 0.15) is 5.58 Å². The van der Waals surface area contributed by atoms with E-state index in [4.69, 9.17) is 32.4 Å². The van der Waals surface area contributed by atoms with Gasteiger partial charge in [-0.2, -0.15) is 0 Å². The van der Waals surface area contributed by atoms with E-state index in [1.165, 1.54) is 4.90 Å². The van der Waals surface area contributed by atoms with Crippen LogP contribution in [0.4, 0.5) is 5.69 Å². The number of amides is 1. The molecule has 1 unspecified atom stereocenters. The van der Waals surface area contributed by atoms with Gasteiger partial charge in [0.2, 0.25) is 5.76 Å². The Hall–Kier alpha value is -3.61. The standard InChI is InChI=1S/C30H25Cl2NO5/c1-4-5-12-37-30(36)18-6-9-20(10-7-18)33-26(19-8-11-22(31)23(32)15-19)25-27(34)21-13-16(2)17(3)14-24(21)38-28(25)29(33)35/h6-11,13-15,26H,4-5,12H2,1-3H3. The highest BCUT2D eigenvalue weighted by Gasteiger charge is 2.44. The minimum absolute atomic E-state index is 0.0233. The molecular formula is C30H25Cl2NO5. The molecule has 2 heterocycles. The Morgan fingerprint density at radius 1 is 0.974 bits per heavy atom. The van der Waals surface area contributed by atoms with Gasteiger partial charge in [-0.05, 0) is 85.5 Å². The number of hydrogen-bond acceptors (Lipinski definition) is 5. The molecule has 0 N–H and O–H groups in total. The van der Waals surface area contributed by atoms with Gasteiger partial charge in [-0.15, -0.1) is 0 Å². The van der Waals surface area contributed by atoms with Gasteiger partial charge in [-0.25, -0.2) is 4.79 Å². The first-order valence-electron chi connectivity index (χ1n) is 12.3. The fourth-order valence-corrected chi connectivity index (χ4v) is 4.95. The Balaban J connectivity index is 1.65. The summed E-state index contributed by atoms with van der Waals surface area (Å²) < 4.78 is 11.4. The van der Waals surface area contributed by atoms with Crippen molar-refractivity contribution in [1.29, 1.82) is 0 Å². The van der Waals surface area contributed by atoms with Crippen LogP contribution in [-0.4, -0.2) is 18.5 Å². The highest BCUT2D eigenvalue weighted by Crippen LogP contribution is 2.42. The lowest BCUT2D eigenvalue weighted by Crippen LogP contribution is -2.29. The normalized spacial score (nSPS) is 14.7. The molecule has 1 aliphatic heterocycles. The van der Waals surface area contributed by atoms with Crippen molar-refractivity contribution in [3.8, 4) is 0 Å². The Kier molecular flexibility index (Phi) is 7.03. The first-order chi connectivity index (χ1) is 18.2. The molecule has 0 bridgehead atoms. The minimum Gasteiger partial charge on any atom is -0.462 e. The monoisotopic (exact) mass is 549 g/mol. The molecule has 0 fully saturated rings. The molecule has 0 spiro atoms. The lowest BCUT2D eigenvalue weighted by atomic mass is 9.97. The third kappa shape index (κ3) is 4.48. The first kappa shape index (κ1) is 26.0. The molecule has 3 aromatic carbocycles. The minimum atomic E-state index is -0.808. The van der Waals surface area contributed by atoms with Gasteiger partial charge >= 0.3 is 5.97 Å². The van der Waals surface area contributed by atoms with Gasteiger partial charge in [-0.1, -0.05) is 42.6 Å². The molecule has 0 aliphatic carbocycles. The Bertz CT molecular complexity index is 1640. The van der Waals surface area contributed by atoms with E-state index in [0.29, 0.717) is 44.4 Å². The summed E-state index contributed by atoms with van der Waals surface area (Å²) in [6.07, 6.45) is 1.70. The number of rotatable bonds is 6. The summed E-state index contributed by atoms with van der Waals surface area (Å²) in [6.45, 7) is 6.20. The zero-order valence-corrected chi connectivity index (χ0v) is 22.7. The molecule has 0 radical (unpaired) electrons. The van der Waals surface area contributed by atoms with Crippen molar-refractivity contribution in [3.05, 3.63) is 108 Å². The third-order valence-corrected chi connectivity index (χ3v) is 7.60. The number of fused-ring (bicyclic) bond motifs is 2. The van der Waals surface area contributed by atoms with E-state index < -0.39 is 17.9 Å². The second-order valence-corrected chi connectivity index (χ2v) is 10.2. The lowest BCUT2D eigenvalue weighted by molar-refractivity contribution is 0.0499. The highest BCUT2D eigenvalue weighted by atomic mass is 35.5. The Morgan fingerprint density at radius 3 is 2.37 bits per heavy atom. The van der Waals surface area contributed by atoms with E-state index in [-0.39, 0.29) is 16.8 Å². The molecule has 1 aromatic heterocycles. The number of anilines is 1. The van der Waals surface area contributed by atoms with Crippen LogP contribution >= 0.6 is 23.2 Å². The molecule has 6 nitrogen and oxygen atoms in total. The summed E-state index contributed by atoms with van der Waals surface area (Å²) in [5.41, 5.74) is 3.64. The molecule has 1 amide bonds. The van der Waals surface area contributed by atoms with E-state index in [9.17, 15) is 14.4 Å². The number of ether oxygens (including phenoxy) is 1. The van der Waals surface area contributed by atoms with Crippen molar-refractivity contribution in [3.63, 3.8) is 0 Å². The fourth-order valence-electron chi connectivity index (χ4n) is 4.64. The topological polar surface area (TPSA) is 76.8 Å². The Labute approximate surface area is 229 Å². The molecule has 0 saturated heterocycles. The van der Waals surface area contributed by atoms with E-state index in [1.54, 1.807) is 54.6 Å². The van der Waals surface area contributed by atoms with Crippen LogP contribution in [0.25, 0.3) is 11.0 Å². The van der Waals surface area contributed by atoms with Crippen LogP contribution in [0.5, 0.6) is 0 Å². The van der Waals surface area contributed by atoms with Gasteiger partial charge in [0.25, 0.3) is 5.91 Å². The maximum atomic E-state index is 13.9. The number of carbonyl (C=O) groups is 2. The van der Waals surface area contributed by atoms with E-state index >= 15 is 0 Å². The zero-order chi connectivity index (χ0) is 27.1. The molecule has 0 saturated carbocycles. The number of nitrogens with zero attached hydrogens (tertiary/aromatic N) is 1. The number of hydrogen-bond donors (Lipinski definition) is 0. The summed E-state index contributed by atoms with van der Waals surface area (Å²) in [4.78, 5) is 41.6. The van der Waals surface area contributed by atoms with E-state index in [0.717, 1.165) is 24.0 Å². The van der Waals surface area contributed by atoms with Gasteiger partial charge < -0.3 is 9.15 Å². The molecule has 194 valence electrons. The third-order valence-electron chi connectivity index (χ3n) is 6.86. The molecule has 8 heteroatoms. The summed E-state index contributed by atoms with van der Waals surface area (Å²) >= 11 is 12.5. The molecule has 38 heavy (non-hydrogen) atoms. The highest BCUT2D eigenvalue weighted by molar-refractivity contribution is 6.42. The lowest BCUT2D eigenvalue weighted by Gasteiger charge is -2.25. The van der Waals surface area contributed by atoms with Crippen LogP contribution < -0.4 is 10.3 Å². The molecule has 5 rings (SSSR count). The molecule has 4 aromatic rings. The second-order valence-electron chi connectivity index (χ2n) is 9.39. The van der Waals surface area contributed by atoms with Gasteiger partial charge in [0.05, 0.1) is 39.2 Å². The predicted octanol–water partition coefficient (Wildman–Crippen LogP) is 7.42. The van der Waals surface area contributed by atoms with Gasteiger partial charge in [0, 0.05) is 5.69 Å². The van der Waals surface area contributed by atoms with Crippen LogP contribution in [0, 0.1) is 13.8 Å². The van der Waals surface area contributed by atoms with Crippen molar-refractivity contribution in [2.45, 2.75) is 39.7 Å². The number of esters is 1. The molecule has 1 atom stereocenters. The number of carbonyl (C=O) groups excluding carboxylic acids is 2. The maximum absolute atomic E-state index is 13.9. The quantitative estimate of drug-likeness (QED) is 0.184. The van der Waals surface area contributed by atoms with Gasteiger partial charge in [0.15, 0.2) is 5.43 Å². The van der Waals surface area contributed by atoms with Crippen molar-refractivity contribution >= 4 is 51.7 Å². The molecule has 1 aliphatic rings. The van der Waals surface area contributed by atoms with Crippen LogP contribution in [0.1, 0.15) is 69.0 Å². The number of benzene rings is 3. The summed E-state index contributed by atoms with van der Waals surface area (Å²) in [5.74, 6) is -0.924. The average Bonchev–Trinajstić information content (AvgIpc) is 3.19. The first-order valence-corrected chi connectivity index (χ1v) is 13.1. The SMILES string of the molecule is CCCCOC(=O)c1ccc(N2C(=O)c3oc4cc(C)c(C)cc4c(=O)c3C2c2ccc(Cl)c(Cl)c2)cc1.